The number of amides is 1. The topological polar surface area (TPSA) is 75.7 Å². The molecule has 0 radical (unpaired) electrons. The van der Waals surface area contributed by atoms with Gasteiger partial charge in [0.15, 0.2) is 0 Å². The second-order valence-corrected chi connectivity index (χ2v) is 11.4. The van der Waals surface area contributed by atoms with Crippen LogP contribution in [0.3, 0.4) is 0 Å². The first-order valence-electron chi connectivity index (χ1n) is 10.5. The molecular weight excluding hydrogens is 584 g/mol. The Morgan fingerprint density at radius 3 is 2.18 bits per heavy atom. The monoisotopic (exact) mass is 608 g/mol. The van der Waals surface area contributed by atoms with Crippen LogP contribution >= 0.6 is 31.9 Å². The van der Waals surface area contributed by atoms with Gasteiger partial charge in [-0.15, -0.1) is 0 Å². The van der Waals surface area contributed by atoms with E-state index in [0.717, 1.165) is 11.3 Å². The van der Waals surface area contributed by atoms with Crippen molar-refractivity contribution in [2.24, 2.45) is 0 Å². The van der Waals surface area contributed by atoms with E-state index in [1.165, 1.54) is 11.4 Å². The minimum absolute atomic E-state index is 0.200. The number of rotatable bonds is 8. The molecule has 0 unspecified atom stereocenters. The molecule has 0 spiro atoms. The first kappa shape index (κ1) is 26.2. The maximum absolute atomic E-state index is 13.6. The van der Waals surface area contributed by atoms with Gasteiger partial charge in [-0.25, -0.2) is 8.42 Å². The van der Waals surface area contributed by atoms with Crippen molar-refractivity contribution in [2.45, 2.75) is 25.2 Å². The van der Waals surface area contributed by atoms with Gasteiger partial charge in [0.25, 0.3) is 15.9 Å². The molecule has 1 N–H and O–H groups in total. The number of hydrogen-bond donors (Lipinski definition) is 1. The number of hydrogen-bond acceptors (Lipinski definition) is 4. The van der Waals surface area contributed by atoms with Gasteiger partial charge in [-0.05, 0) is 67.3 Å². The molecule has 180 valence electrons. The van der Waals surface area contributed by atoms with Crippen LogP contribution in [0.2, 0.25) is 0 Å². The Bertz CT molecular complexity index is 1280. The van der Waals surface area contributed by atoms with Crippen LogP contribution in [0.4, 0.5) is 5.69 Å². The SMILES string of the molecule is COc1ccc(CCNC(=O)c2ccccc2N(C)S(=O)(=O)c2c(C)c(Br)cc(Br)c2C)cc1. The minimum atomic E-state index is -3.94. The highest BCUT2D eigenvalue weighted by molar-refractivity contribution is 9.11. The van der Waals surface area contributed by atoms with Crippen molar-refractivity contribution in [3.63, 3.8) is 0 Å². The molecule has 6 nitrogen and oxygen atoms in total. The first-order valence-corrected chi connectivity index (χ1v) is 13.5. The Kier molecular flexibility index (Phi) is 8.43. The average molecular weight is 610 g/mol. The fourth-order valence-electron chi connectivity index (χ4n) is 3.63. The third-order valence-corrected chi connectivity index (χ3v) is 9.31. The summed E-state index contributed by atoms with van der Waals surface area (Å²) in [7, 11) is -0.865. The number of anilines is 1. The van der Waals surface area contributed by atoms with Crippen LogP contribution < -0.4 is 14.4 Å². The van der Waals surface area contributed by atoms with E-state index in [1.807, 2.05) is 30.3 Å². The summed E-state index contributed by atoms with van der Waals surface area (Å²) >= 11 is 6.88. The van der Waals surface area contributed by atoms with Crippen LogP contribution in [-0.4, -0.2) is 35.0 Å². The lowest BCUT2D eigenvalue weighted by Gasteiger charge is -2.24. The van der Waals surface area contributed by atoms with Crippen LogP contribution in [0.5, 0.6) is 5.75 Å². The molecule has 0 atom stereocenters. The van der Waals surface area contributed by atoms with E-state index in [-0.39, 0.29) is 16.4 Å². The Labute approximate surface area is 217 Å². The summed E-state index contributed by atoms with van der Waals surface area (Å²) in [6.45, 7) is 3.91. The number of nitrogens with zero attached hydrogens (tertiary/aromatic N) is 1. The molecule has 1 amide bonds. The number of carbonyl (C=O) groups is 1. The summed E-state index contributed by atoms with van der Waals surface area (Å²) in [4.78, 5) is 13.2. The summed E-state index contributed by atoms with van der Waals surface area (Å²) < 4.78 is 35.0. The smallest absolute Gasteiger partial charge is 0.264 e. The number of methoxy groups -OCH3 is 1. The third-order valence-electron chi connectivity index (χ3n) is 5.62. The lowest BCUT2D eigenvalue weighted by molar-refractivity contribution is 0.0955. The highest BCUT2D eigenvalue weighted by Gasteiger charge is 2.29. The maximum Gasteiger partial charge on any atom is 0.264 e. The van der Waals surface area contributed by atoms with E-state index < -0.39 is 10.0 Å². The molecule has 9 heteroatoms. The van der Waals surface area contributed by atoms with E-state index in [2.05, 4.69) is 37.2 Å². The van der Waals surface area contributed by atoms with Crippen molar-refractivity contribution in [1.29, 1.82) is 0 Å². The van der Waals surface area contributed by atoms with Gasteiger partial charge in [-0.2, -0.15) is 0 Å². The molecule has 3 aromatic carbocycles. The van der Waals surface area contributed by atoms with Crippen molar-refractivity contribution < 1.29 is 17.9 Å². The molecule has 0 saturated heterocycles. The Morgan fingerprint density at radius 1 is 1.00 bits per heavy atom. The van der Waals surface area contributed by atoms with Gasteiger partial charge >= 0.3 is 0 Å². The lowest BCUT2D eigenvalue weighted by Crippen LogP contribution is -2.32. The zero-order valence-corrected chi connectivity index (χ0v) is 23.3. The van der Waals surface area contributed by atoms with Crippen molar-refractivity contribution in [1.82, 2.24) is 5.32 Å². The molecule has 0 saturated carbocycles. The normalized spacial score (nSPS) is 11.2. The molecule has 0 fully saturated rings. The fraction of sp³-hybridized carbons (Fsp3) is 0.240. The van der Waals surface area contributed by atoms with Crippen molar-refractivity contribution >= 4 is 53.5 Å². The van der Waals surface area contributed by atoms with Crippen LogP contribution in [0, 0.1) is 13.8 Å². The summed E-state index contributed by atoms with van der Waals surface area (Å²) in [5.41, 5.74) is 2.86. The van der Waals surface area contributed by atoms with E-state index in [0.29, 0.717) is 38.7 Å². The zero-order chi connectivity index (χ0) is 25.0. The molecule has 34 heavy (non-hydrogen) atoms. The molecular formula is C25H26Br2N2O4S. The second-order valence-electron chi connectivity index (χ2n) is 7.76. The molecule has 3 aromatic rings. The Hall–Kier alpha value is -2.36. The van der Waals surface area contributed by atoms with Crippen LogP contribution in [0.1, 0.15) is 27.0 Å². The van der Waals surface area contributed by atoms with Gasteiger partial charge in [0.2, 0.25) is 0 Å². The summed E-state index contributed by atoms with van der Waals surface area (Å²) in [5.74, 6) is 0.434. The quantitative estimate of drug-likeness (QED) is 0.359. The largest absolute Gasteiger partial charge is 0.497 e. The number of carbonyl (C=O) groups excluding carboxylic acids is 1. The number of nitrogens with one attached hydrogen (secondary N) is 1. The van der Waals surface area contributed by atoms with Crippen molar-refractivity contribution in [3.05, 3.63) is 85.8 Å². The molecule has 0 aliphatic rings. The fourth-order valence-corrected chi connectivity index (χ4v) is 6.74. The Balaban J connectivity index is 1.84. The average Bonchev–Trinajstić information content (AvgIpc) is 2.82. The molecule has 0 bridgehead atoms. The van der Waals surface area contributed by atoms with E-state index in [1.54, 1.807) is 45.2 Å². The highest BCUT2D eigenvalue weighted by Crippen LogP contribution is 2.36. The number of benzene rings is 3. The van der Waals surface area contributed by atoms with Crippen molar-refractivity contribution in [2.75, 3.05) is 25.0 Å². The van der Waals surface area contributed by atoms with Gasteiger partial charge in [0, 0.05) is 22.5 Å². The van der Waals surface area contributed by atoms with Gasteiger partial charge in [0.05, 0.1) is 23.3 Å². The minimum Gasteiger partial charge on any atom is -0.497 e. The summed E-state index contributed by atoms with van der Waals surface area (Å²) in [6.07, 6.45) is 0.635. The molecule has 0 heterocycles. The number of halogens is 2. The highest BCUT2D eigenvalue weighted by atomic mass is 79.9. The zero-order valence-electron chi connectivity index (χ0n) is 19.4. The van der Waals surface area contributed by atoms with Crippen LogP contribution in [0.15, 0.2) is 68.4 Å². The van der Waals surface area contributed by atoms with Crippen LogP contribution in [-0.2, 0) is 16.4 Å². The summed E-state index contributed by atoms with van der Waals surface area (Å²) in [6, 6.07) is 16.1. The van der Waals surface area contributed by atoms with Gasteiger partial charge < -0.3 is 10.1 Å². The van der Waals surface area contributed by atoms with Gasteiger partial charge in [-0.3, -0.25) is 9.10 Å². The Morgan fingerprint density at radius 2 is 1.59 bits per heavy atom. The standard InChI is InChI=1S/C25H26Br2N2O4S/c1-16-21(26)15-22(27)17(2)24(16)34(31,32)29(3)23-8-6-5-7-20(23)25(30)28-14-13-18-9-11-19(33-4)12-10-18/h5-12,15H,13-14H2,1-4H3,(H,28,30). The van der Waals surface area contributed by atoms with Gasteiger partial charge in [-0.1, -0.05) is 56.1 Å². The molecule has 0 aromatic heterocycles. The lowest BCUT2D eigenvalue weighted by atomic mass is 10.1. The van der Waals surface area contributed by atoms with E-state index in [4.69, 9.17) is 4.74 Å². The maximum atomic E-state index is 13.6. The summed E-state index contributed by atoms with van der Waals surface area (Å²) in [5, 5.41) is 2.90. The number of sulfonamides is 1. The van der Waals surface area contributed by atoms with Crippen LogP contribution in [0.25, 0.3) is 0 Å². The molecule has 0 aliphatic heterocycles. The third kappa shape index (κ3) is 5.47. The van der Waals surface area contributed by atoms with E-state index in [9.17, 15) is 13.2 Å². The molecule has 3 rings (SSSR count). The predicted molar refractivity (Wildman–Crippen MR) is 142 cm³/mol. The van der Waals surface area contributed by atoms with Gasteiger partial charge in [0.1, 0.15) is 5.75 Å². The number of para-hydroxylation sites is 1. The molecule has 0 aliphatic carbocycles. The second kappa shape index (κ2) is 10.9. The van der Waals surface area contributed by atoms with Crippen molar-refractivity contribution in [3.8, 4) is 5.75 Å². The first-order chi connectivity index (χ1) is 16.1. The predicted octanol–water partition coefficient (Wildman–Crippen LogP) is 5.63. The van der Waals surface area contributed by atoms with E-state index >= 15 is 0 Å². The number of ether oxygens (including phenoxy) is 1.